The zero-order chi connectivity index (χ0) is 12.8. The van der Waals surface area contributed by atoms with Crippen molar-refractivity contribution >= 4 is 0 Å². The molecule has 0 radical (unpaired) electrons. The fourth-order valence-corrected chi connectivity index (χ4v) is 2.83. The molecular formula is C15H24N2O. The number of aliphatic hydroxyl groups excluding tert-OH is 1. The van der Waals surface area contributed by atoms with Crippen LogP contribution in [-0.2, 0) is 6.42 Å². The van der Waals surface area contributed by atoms with E-state index < -0.39 is 0 Å². The minimum atomic E-state index is -0.186. The van der Waals surface area contributed by atoms with E-state index in [0.717, 1.165) is 19.4 Å². The SMILES string of the molecule is CC(O)CC1CCCCN1CCc1cccnc1. The van der Waals surface area contributed by atoms with Crippen LogP contribution in [0.25, 0.3) is 0 Å². The lowest BCUT2D eigenvalue weighted by Gasteiger charge is -2.36. The number of hydrogen-bond acceptors (Lipinski definition) is 3. The first kappa shape index (κ1) is 13.5. The van der Waals surface area contributed by atoms with Crippen LogP contribution in [0.1, 0.15) is 38.2 Å². The van der Waals surface area contributed by atoms with E-state index in [2.05, 4.69) is 16.0 Å². The molecule has 3 nitrogen and oxygen atoms in total. The predicted octanol–water partition coefficient (Wildman–Crippen LogP) is 2.25. The lowest BCUT2D eigenvalue weighted by atomic mass is 9.97. The first-order chi connectivity index (χ1) is 8.75. The Morgan fingerprint density at radius 3 is 3.11 bits per heavy atom. The molecule has 0 spiro atoms. The van der Waals surface area contributed by atoms with Crippen molar-refractivity contribution < 1.29 is 5.11 Å². The summed E-state index contributed by atoms with van der Waals surface area (Å²) in [4.78, 5) is 6.70. The van der Waals surface area contributed by atoms with Gasteiger partial charge in [-0.05, 0) is 50.8 Å². The van der Waals surface area contributed by atoms with Gasteiger partial charge in [0.25, 0.3) is 0 Å². The Morgan fingerprint density at radius 2 is 2.39 bits per heavy atom. The molecular weight excluding hydrogens is 224 g/mol. The van der Waals surface area contributed by atoms with Crippen molar-refractivity contribution in [2.45, 2.75) is 51.2 Å². The van der Waals surface area contributed by atoms with Gasteiger partial charge in [-0.1, -0.05) is 12.5 Å². The predicted molar refractivity (Wildman–Crippen MR) is 73.5 cm³/mol. The highest BCUT2D eigenvalue weighted by Gasteiger charge is 2.23. The van der Waals surface area contributed by atoms with Crippen LogP contribution in [0.5, 0.6) is 0 Å². The fraction of sp³-hybridized carbons (Fsp3) is 0.667. The Kier molecular flexibility index (Phi) is 5.14. The summed E-state index contributed by atoms with van der Waals surface area (Å²) in [7, 11) is 0. The monoisotopic (exact) mass is 248 g/mol. The fourth-order valence-electron chi connectivity index (χ4n) is 2.83. The van der Waals surface area contributed by atoms with Crippen molar-refractivity contribution in [3.05, 3.63) is 30.1 Å². The van der Waals surface area contributed by atoms with E-state index >= 15 is 0 Å². The van der Waals surface area contributed by atoms with E-state index in [1.54, 1.807) is 0 Å². The number of piperidine rings is 1. The Labute approximate surface area is 110 Å². The second-order valence-electron chi connectivity index (χ2n) is 5.38. The standard InChI is InChI=1S/C15H24N2O/c1-13(18)11-15-6-2-3-9-17(15)10-7-14-5-4-8-16-12-14/h4-5,8,12-13,15,18H,2-3,6-7,9-11H2,1H3. The van der Waals surface area contributed by atoms with Crippen LogP contribution in [0.2, 0.25) is 0 Å². The van der Waals surface area contributed by atoms with E-state index in [9.17, 15) is 5.11 Å². The largest absolute Gasteiger partial charge is 0.393 e. The van der Waals surface area contributed by atoms with Gasteiger partial charge < -0.3 is 5.11 Å². The van der Waals surface area contributed by atoms with E-state index in [4.69, 9.17) is 0 Å². The number of pyridine rings is 1. The maximum absolute atomic E-state index is 9.57. The van der Waals surface area contributed by atoms with Crippen molar-refractivity contribution in [3.8, 4) is 0 Å². The van der Waals surface area contributed by atoms with Crippen molar-refractivity contribution in [2.75, 3.05) is 13.1 Å². The third kappa shape index (κ3) is 4.07. The zero-order valence-electron chi connectivity index (χ0n) is 11.3. The van der Waals surface area contributed by atoms with Gasteiger partial charge in [0.15, 0.2) is 0 Å². The zero-order valence-corrected chi connectivity index (χ0v) is 11.3. The number of nitrogens with zero attached hydrogens (tertiary/aromatic N) is 2. The Balaban J connectivity index is 1.85. The number of aromatic nitrogens is 1. The molecule has 0 aliphatic carbocycles. The number of likely N-dealkylation sites (tertiary alicyclic amines) is 1. The Bertz CT molecular complexity index is 340. The van der Waals surface area contributed by atoms with Crippen LogP contribution in [0, 0.1) is 0 Å². The van der Waals surface area contributed by atoms with Gasteiger partial charge in [-0.15, -0.1) is 0 Å². The topological polar surface area (TPSA) is 36.4 Å². The summed E-state index contributed by atoms with van der Waals surface area (Å²) in [5, 5.41) is 9.57. The molecule has 1 fully saturated rings. The molecule has 100 valence electrons. The van der Waals surface area contributed by atoms with Crippen molar-refractivity contribution in [1.82, 2.24) is 9.88 Å². The number of aliphatic hydroxyl groups is 1. The minimum Gasteiger partial charge on any atom is -0.393 e. The molecule has 1 aliphatic rings. The lowest BCUT2D eigenvalue weighted by Crippen LogP contribution is -2.42. The first-order valence-corrected chi connectivity index (χ1v) is 7.06. The highest BCUT2D eigenvalue weighted by atomic mass is 16.3. The van der Waals surface area contributed by atoms with Crippen molar-refractivity contribution in [3.63, 3.8) is 0 Å². The molecule has 0 saturated carbocycles. The van der Waals surface area contributed by atoms with Gasteiger partial charge in [0.05, 0.1) is 6.10 Å². The average molecular weight is 248 g/mol. The lowest BCUT2D eigenvalue weighted by molar-refractivity contribution is 0.0877. The number of hydrogen-bond donors (Lipinski definition) is 1. The molecule has 2 rings (SSSR count). The van der Waals surface area contributed by atoms with Crippen LogP contribution in [0.3, 0.4) is 0 Å². The molecule has 0 aromatic carbocycles. The maximum Gasteiger partial charge on any atom is 0.0527 e. The van der Waals surface area contributed by atoms with Gasteiger partial charge in [-0.2, -0.15) is 0 Å². The molecule has 1 aromatic heterocycles. The molecule has 2 heterocycles. The normalized spacial score (nSPS) is 22.9. The second kappa shape index (κ2) is 6.86. The van der Waals surface area contributed by atoms with Gasteiger partial charge >= 0.3 is 0 Å². The van der Waals surface area contributed by atoms with Gasteiger partial charge in [-0.3, -0.25) is 9.88 Å². The van der Waals surface area contributed by atoms with Gasteiger partial charge in [-0.25, -0.2) is 0 Å². The van der Waals surface area contributed by atoms with E-state index in [0.29, 0.717) is 6.04 Å². The summed E-state index contributed by atoms with van der Waals surface area (Å²) < 4.78 is 0. The number of rotatable bonds is 5. The molecule has 0 bridgehead atoms. The molecule has 1 aliphatic heterocycles. The van der Waals surface area contributed by atoms with Crippen LogP contribution in [0.15, 0.2) is 24.5 Å². The van der Waals surface area contributed by atoms with Crippen LogP contribution < -0.4 is 0 Å². The molecule has 18 heavy (non-hydrogen) atoms. The van der Waals surface area contributed by atoms with E-state index in [1.807, 2.05) is 25.4 Å². The Morgan fingerprint density at radius 1 is 1.50 bits per heavy atom. The molecule has 1 aromatic rings. The van der Waals surface area contributed by atoms with Crippen LogP contribution in [0.4, 0.5) is 0 Å². The third-order valence-electron chi connectivity index (χ3n) is 3.77. The summed E-state index contributed by atoms with van der Waals surface area (Å²) in [5.74, 6) is 0. The quantitative estimate of drug-likeness (QED) is 0.868. The summed E-state index contributed by atoms with van der Waals surface area (Å²) in [6, 6.07) is 4.70. The third-order valence-corrected chi connectivity index (χ3v) is 3.77. The highest BCUT2D eigenvalue weighted by Crippen LogP contribution is 2.21. The summed E-state index contributed by atoms with van der Waals surface area (Å²) >= 11 is 0. The molecule has 3 heteroatoms. The van der Waals surface area contributed by atoms with Crippen molar-refractivity contribution in [1.29, 1.82) is 0 Å². The van der Waals surface area contributed by atoms with Gasteiger partial charge in [0, 0.05) is 25.0 Å². The summed E-state index contributed by atoms with van der Waals surface area (Å²) in [5.41, 5.74) is 1.30. The average Bonchev–Trinajstić information content (AvgIpc) is 2.38. The molecule has 1 N–H and O–H groups in total. The van der Waals surface area contributed by atoms with Crippen molar-refractivity contribution in [2.24, 2.45) is 0 Å². The smallest absolute Gasteiger partial charge is 0.0527 e. The van der Waals surface area contributed by atoms with Crippen LogP contribution >= 0.6 is 0 Å². The van der Waals surface area contributed by atoms with Crippen LogP contribution in [-0.4, -0.2) is 40.2 Å². The minimum absolute atomic E-state index is 0.186. The molecule has 0 amide bonds. The highest BCUT2D eigenvalue weighted by molar-refractivity contribution is 5.08. The maximum atomic E-state index is 9.57. The summed E-state index contributed by atoms with van der Waals surface area (Å²) in [6.07, 6.45) is 9.39. The summed E-state index contributed by atoms with van der Waals surface area (Å²) in [6.45, 7) is 4.16. The molecule has 2 unspecified atom stereocenters. The van der Waals surface area contributed by atoms with E-state index in [1.165, 1.54) is 31.4 Å². The van der Waals surface area contributed by atoms with Gasteiger partial charge in [0.2, 0.25) is 0 Å². The Hall–Kier alpha value is -0.930. The second-order valence-corrected chi connectivity index (χ2v) is 5.38. The molecule has 1 saturated heterocycles. The van der Waals surface area contributed by atoms with Gasteiger partial charge in [0.1, 0.15) is 0 Å². The molecule has 2 atom stereocenters. The first-order valence-electron chi connectivity index (χ1n) is 7.06. The van der Waals surface area contributed by atoms with E-state index in [-0.39, 0.29) is 6.10 Å².